The SMILES string of the molecule is CCC(F)(F)CNc1ccc(O)cc1. The molecule has 4 heteroatoms. The number of anilines is 1. The molecule has 1 aromatic carbocycles. The number of halogens is 2. The summed E-state index contributed by atoms with van der Waals surface area (Å²) in [5.41, 5.74) is 0.580. The first-order chi connectivity index (χ1) is 6.53. The van der Waals surface area contributed by atoms with Crippen LogP contribution in [0, 0.1) is 0 Å². The molecule has 1 rings (SSSR count). The number of hydrogen-bond donors (Lipinski definition) is 2. The lowest BCUT2D eigenvalue weighted by molar-refractivity contribution is 0.0116. The Labute approximate surface area is 81.6 Å². The van der Waals surface area contributed by atoms with E-state index in [-0.39, 0.29) is 18.7 Å². The summed E-state index contributed by atoms with van der Waals surface area (Å²) >= 11 is 0. The molecule has 0 saturated heterocycles. The molecule has 0 aromatic heterocycles. The first-order valence-corrected chi connectivity index (χ1v) is 4.44. The molecule has 0 saturated carbocycles. The monoisotopic (exact) mass is 201 g/mol. The van der Waals surface area contributed by atoms with E-state index < -0.39 is 5.92 Å². The summed E-state index contributed by atoms with van der Waals surface area (Å²) in [5.74, 6) is -2.56. The van der Waals surface area contributed by atoms with Gasteiger partial charge in [0.05, 0.1) is 6.54 Å². The average Bonchev–Trinajstić information content (AvgIpc) is 2.17. The summed E-state index contributed by atoms with van der Waals surface area (Å²) in [7, 11) is 0. The minimum atomic E-state index is -2.68. The second-order valence-electron chi connectivity index (χ2n) is 3.11. The zero-order valence-corrected chi connectivity index (χ0v) is 7.93. The van der Waals surface area contributed by atoms with Gasteiger partial charge in [0.1, 0.15) is 5.75 Å². The Morgan fingerprint density at radius 1 is 1.29 bits per heavy atom. The van der Waals surface area contributed by atoms with Gasteiger partial charge in [0.25, 0.3) is 5.92 Å². The van der Waals surface area contributed by atoms with E-state index in [1.807, 2.05) is 0 Å². The summed E-state index contributed by atoms with van der Waals surface area (Å²) in [6, 6.07) is 6.01. The Morgan fingerprint density at radius 2 is 1.86 bits per heavy atom. The van der Waals surface area contributed by atoms with E-state index in [4.69, 9.17) is 5.11 Å². The van der Waals surface area contributed by atoms with Gasteiger partial charge in [-0.2, -0.15) is 0 Å². The van der Waals surface area contributed by atoms with E-state index in [0.717, 1.165) is 0 Å². The quantitative estimate of drug-likeness (QED) is 0.734. The molecule has 1 aromatic rings. The highest BCUT2D eigenvalue weighted by Crippen LogP contribution is 2.19. The Hall–Kier alpha value is -1.32. The highest BCUT2D eigenvalue weighted by atomic mass is 19.3. The molecule has 0 amide bonds. The van der Waals surface area contributed by atoms with Gasteiger partial charge >= 0.3 is 0 Å². The number of phenols is 1. The molecule has 0 unspecified atom stereocenters. The minimum absolute atomic E-state index is 0.123. The lowest BCUT2D eigenvalue weighted by Crippen LogP contribution is -2.25. The number of nitrogens with one attached hydrogen (secondary N) is 1. The van der Waals surface area contributed by atoms with Crippen LogP contribution in [-0.2, 0) is 0 Å². The highest BCUT2D eigenvalue weighted by molar-refractivity contribution is 5.46. The van der Waals surface area contributed by atoms with Crippen molar-refractivity contribution in [3.8, 4) is 5.75 Å². The van der Waals surface area contributed by atoms with Gasteiger partial charge < -0.3 is 10.4 Å². The van der Waals surface area contributed by atoms with Gasteiger partial charge in [0, 0.05) is 12.1 Å². The van der Waals surface area contributed by atoms with Crippen molar-refractivity contribution in [3.63, 3.8) is 0 Å². The van der Waals surface area contributed by atoms with Gasteiger partial charge in [-0.15, -0.1) is 0 Å². The molecule has 0 aliphatic rings. The first kappa shape index (κ1) is 10.8. The Kier molecular flexibility index (Phi) is 3.28. The maximum Gasteiger partial charge on any atom is 0.264 e. The average molecular weight is 201 g/mol. The molecule has 14 heavy (non-hydrogen) atoms. The number of aromatic hydroxyl groups is 1. The maximum atomic E-state index is 12.8. The zero-order valence-electron chi connectivity index (χ0n) is 7.93. The number of benzene rings is 1. The summed E-state index contributed by atoms with van der Waals surface area (Å²) in [6.45, 7) is 1.06. The van der Waals surface area contributed by atoms with Crippen LogP contribution in [-0.4, -0.2) is 17.6 Å². The molecule has 0 aliphatic carbocycles. The van der Waals surface area contributed by atoms with Crippen molar-refractivity contribution in [3.05, 3.63) is 24.3 Å². The summed E-state index contributed by atoms with van der Waals surface area (Å²) in [4.78, 5) is 0. The van der Waals surface area contributed by atoms with Crippen LogP contribution in [0.4, 0.5) is 14.5 Å². The summed E-state index contributed by atoms with van der Waals surface area (Å²) in [5, 5.41) is 11.6. The van der Waals surface area contributed by atoms with Gasteiger partial charge in [-0.3, -0.25) is 0 Å². The number of phenolic OH excluding ortho intramolecular Hbond substituents is 1. The van der Waals surface area contributed by atoms with Crippen LogP contribution in [0.5, 0.6) is 5.75 Å². The van der Waals surface area contributed by atoms with Crippen LogP contribution < -0.4 is 5.32 Å². The largest absolute Gasteiger partial charge is 0.508 e. The predicted molar refractivity (Wildman–Crippen MR) is 51.8 cm³/mol. The van der Waals surface area contributed by atoms with E-state index in [1.54, 1.807) is 12.1 Å². The molecule has 0 spiro atoms. The summed E-state index contributed by atoms with van der Waals surface area (Å²) < 4.78 is 25.6. The fraction of sp³-hybridized carbons (Fsp3) is 0.400. The number of hydrogen-bond acceptors (Lipinski definition) is 2. The Bertz CT molecular complexity index is 285. The molecular formula is C10H13F2NO. The lowest BCUT2D eigenvalue weighted by atomic mass is 10.2. The van der Waals surface area contributed by atoms with Gasteiger partial charge in [-0.25, -0.2) is 8.78 Å². The predicted octanol–water partition coefficient (Wildman–Crippen LogP) is 2.85. The van der Waals surface area contributed by atoms with E-state index in [1.165, 1.54) is 19.1 Å². The highest BCUT2D eigenvalue weighted by Gasteiger charge is 2.25. The van der Waals surface area contributed by atoms with Crippen molar-refractivity contribution < 1.29 is 13.9 Å². The topological polar surface area (TPSA) is 32.3 Å². The molecule has 0 bridgehead atoms. The molecule has 0 radical (unpaired) electrons. The van der Waals surface area contributed by atoms with Crippen LogP contribution in [0.25, 0.3) is 0 Å². The normalized spacial score (nSPS) is 11.4. The van der Waals surface area contributed by atoms with Crippen LogP contribution in [0.1, 0.15) is 13.3 Å². The van der Waals surface area contributed by atoms with E-state index in [0.29, 0.717) is 5.69 Å². The lowest BCUT2D eigenvalue weighted by Gasteiger charge is -2.15. The van der Waals surface area contributed by atoms with Crippen LogP contribution >= 0.6 is 0 Å². The molecule has 2 N–H and O–H groups in total. The van der Waals surface area contributed by atoms with Crippen molar-refractivity contribution in [2.24, 2.45) is 0 Å². The van der Waals surface area contributed by atoms with Crippen molar-refractivity contribution in [2.45, 2.75) is 19.3 Å². The van der Waals surface area contributed by atoms with Gasteiger partial charge in [0.15, 0.2) is 0 Å². The minimum Gasteiger partial charge on any atom is -0.508 e. The molecule has 78 valence electrons. The van der Waals surface area contributed by atoms with Crippen LogP contribution in [0.3, 0.4) is 0 Å². The fourth-order valence-electron chi connectivity index (χ4n) is 0.936. The fourth-order valence-corrected chi connectivity index (χ4v) is 0.936. The van der Waals surface area contributed by atoms with Crippen molar-refractivity contribution in [1.29, 1.82) is 0 Å². The molecule has 0 fully saturated rings. The Morgan fingerprint density at radius 3 is 2.36 bits per heavy atom. The smallest absolute Gasteiger partial charge is 0.264 e. The molecular weight excluding hydrogens is 188 g/mol. The number of alkyl halides is 2. The van der Waals surface area contributed by atoms with Crippen LogP contribution in [0.15, 0.2) is 24.3 Å². The summed E-state index contributed by atoms with van der Waals surface area (Å²) in [6.07, 6.45) is -0.182. The third-order valence-electron chi connectivity index (χ3n) is 1.94. The van der Waals surface area contributed by atoms with Gasteiger partial charge in [-0.1, -0.05) is 6.92 Å². The Balaban J connectivity index is 2.50. The van der Waals surface area contributed by atoms with E-state index in [2.05, 4.69) is 5.32 Å². The van der Waals surface area contributed by atoms with Crippen molar-refractivity contribution in [2.75, 3.05) is 11.9 Å². The molecule has 2 nitrogen and oxygen atoms in total. The number of rotatable bonds is 4. The second-order valence-corrected chi connectivity index (χ2v) is 3.11. The van der Waals surface area contributed by atoms with Gasteiger partial charge in [0.2, 0.25) is 0 Å². The standard InChI is InChI=1S/C10H13F2NO/c1-2-10(11,12)7-13-8-3-5-9(14)6-4-8/h3-6,13-14H,2,7H2,1H3. The van der Waals surface area contributed by atoms with E-state index in [9.17, 15) is 8.78 Å². The van der Waals surface area contributed by atoms with Crippen molar-refractivity contribution >= 4 is 5.69 Å². The molecule has 0 heterocycles. The second kappa shape index (κ2) is 4.26. The molecule has 0 atom stereocenters. The molecule has 0 aliphatic heterocycles. The van der Waals surface area contributed by atoms with Crippen molar-refractivity contribution in [1.82, 2.24) is 0 Å². The third kappa shape index (κ3) is 3.20. The first-order valence-electron chi connectivity index (χ1n) is 4.44. The maximum absolute atomic E-state index is 12.8. The zero-order chi connectivity index (χ0) is 10.6. The third-order valence-corrected chi connectivity index (χ3v) is 1.94. The van der Waals surface area contributed by atoms with Gasteiger partial charge in [-0.05, 0) is 24.3 Å². The van der Waals surface area contributed by atoms with Crippen LogP contribution in [0.2, 0.25) is 0 Å². The van der Waals surface area contributed by atoms with E-state index >= 15 is 0 Å².